The molecule has 8 heteroatoms. The summed E-state index contributed by atoms with van der Waals surface area (Å²) < 4.78 is 11.1. The third-order valence-electron chi connectivity index (χ3n) is 5.70. The summed E-state index contributed by atoms with van der Waals surface area (Å²) in [7, 11) is 1.49. The largest absolute Gasteiger partial charge is 0.508 e. The van der Waals surface area contributed by atoms with Gasteiger partial charge in [-0.3, -0.25) is 14.5 Å². The van der Waals surface area contributed by atoms with E-state index in [0.29, 0.717) is 33.0 Å². The van der Waals surface area contributed by atoms with Crippen LogP contribution in [0.1, 0.15) is 22.2 Å². The molecule has 0 fully saturated rings. The van der Waals surface area contributed by atoms with Crippen LogP contribution in [0.3, 0.4) is 0 Å². The number of para-hydroxylation sites is 1. The SMILES string of the molecule is COc1cccc2cc(C(=O)C3=C(O)C(=O)N(c4ccc(Cl)cc4)C3c3cccc(O)c3)oc12. The Balaban J connectivity index is 1.67. The molecule has 0 radical (unpaired) electrons. The van der Waals surface area contributed by atoms with Gasteiger partial charge in [0.15, 0.2) is 22.9 Å². The molecule has 34 heavy (non-hydrogen) atoms. The molecule has 1 amide bonds. The number of hydrogen-bond acceptors (Lipinski definition) is 6. The summed E-state index contributed by atoms with van der Waals surface area (Å²) in [5.41, 5.74) is 1.07. The molecular weight excluding hydrogens is 458 g/mol. The van der Waals surface area contributed by atoms with Crippen LogP contribution in [0.25, 0.3) is 11.0 Å². The lowest BCUT2D eigenvalue weighted by Gasteiger charge is -2.27. The van der Waals surface area contributed by atoms with Crippen LogP contribution in [-0.2, 0) is 4.79 Å². The molecule has 0 saturated heterocycles. The number of methoxy groups -OCH3 is 1. The van der Waals surface area contributed by atoms with E-state index in [1.807, 2.05) is 0 Å². The molecule has 2 N–H and O–H groups in total. The number of nitrogens with zero attached hydrogens (tertiary/aromatic N) is 1. The molecule has 0 aliphatic carbocycles. The van der Waals surface area contributed by atoms with E-state index in [4.69, 9.17) is 20.8 Å². The van der Waals surface area contributed by atoms with Crippen molar-refractivity contribution >= 4 is 39.9 Å². The van der Waals surface area contributed by atoms with Crippen LogP contribution in [-0.4, -0.2) is 29.0 Å². The van der Waals surface area contributed by atoms with Gasteiger partial charge in [0.1, 0.15) is 5.75 Å². The maximum atomic E-state index is 13.7. The van der Waals surface area contributed by atoms with Crippen molar-refractivity contribution in [2.45, 2.75) is 6.04 Å². The Morgan fingerprint density at radius 2 is 1.76 bits per heavy atom. The zero-order valence-corrected chi connectivity index (χ0v) is 18.6. The lowest BCUT2D eigenvalue weighted by atomic mass is 9.94. The summed E-state index contributed by atoms with van der Waals surface area (Å²) >= 11 is 6.01. The number of aliphatic hydroxyl groups is 1. The van der Waals surface area contributed by atoms with E-state index >= 15 is 0 Å². The highest BCUT2D eigenvalue weighted by molar-refractivity contribution is 6.30. The highest BCUT2D eigenvalue weighted by atomic mass is 35.5. The predicted octanol–water partition coefficient (Wildman–Crippen LogP) is 5.58. The minimum absolute atomic E-state index is 0.0485. The van der Waals surface area contributed by atoms with Gasteiger partial charge in [-0.1, -0.05) is 35.9 Å². The number of phenols is 1. The molecule has 0 bridgehead atoms. The fourth-order valence-corrected chi connectivity index (χ4v) is 4.28. The van der Waals surface area contributed by atoms with Crippen molar-refractivity contribution < 1.29 is 29.0 Å². The number of Topliss-reactive ketones (excluding diaryl/α,β-unsaturated/α-hetero) is 1. The maximum absolute atomic E-state index is 13.7. The van der Waals surface area contributed by atoms with Gasteiger partial charge in [-0.05, 0) is 54.1 Å². The molecule has 5 rings (SSSR count). The minimum atomic E-state index is -1.01. The molecule has 1 aromatic heterocycles. The Kier molecular flexibility index (Phi) is 5.26. The summed E-state index contributed by atoms with van der Waals surface area (Å²) in [5, 5.41) is 22.0. The van der Waals surface area contributed by atoms with Gasteiger partial charge < -0.3 is 19.4 Å². The lowest BCUT2D eigenvalue weighted by Crippen LogP contribution is -2.31. The van der Waals surface area contributed by atoms with Gasteiger partial charge in [0.25, 0.3) is 5.91 Å². The van der Waals surface area contributed by atoms with E-state index in [1.54, 1.807) is 54.6 Å². The second kappa shape index (κ2) is 8.28. The number of hydrogen-bond donors (Lipinski definition) is 2. The summed E-state index contributed by atoms with van der Waals surface area (Å²) in [6.45, 7) is 0. The van der Waals surface area contributed by atoms with Gasteiger partial charge in [0, 0.05) is 16.1 Å². The van der Waals surface area contributed by atoms with E-state index in [9.17, 15) is 19.8 Å². The van der Waals surface area contributed by atoms with E-state index < -0.39 is 23.5 Å². The molecule has 2 heterocycles. The number of aromatic hydroxyl groups is 1. The Morgan fingerprint density at radius 3 is 2.47 bits per heavy atom. The summed E-state index contributed by atoms with van der Waals surface area (Å²) in [6, 6.07) is 18.4. The normalized spacial score (nSPS) is 15.9. The standard InChI is InChI=1S/C26H18ClNO6/c1-33-19-7-3-5-15-13-20(34-25(15)19)23(30)21-22(14-4-2-6-18(29)12-14)28(26(32)24(21)31)17-10-8-16(27)9-11-17/h2-13,22,29,31H,1H3. The van der Waals surface area contributed by atoms with Crippen LogP contribution in [0.2, 0.25) is 5.02 Å². The molecule has 1 unspecified atom stereocenters. The molecule has 4 aromatic rings. The van der Waals surface area contributed by atoms with Crippen molar-refractivity contribution in [1.82, 2.24) is 0 Å². The maximum Gasteiger partial charge on any atom is 0.294 e. The van der Waals surface area contributed by atoms with Crippen molar-refractivity contribution in [3.8, 4) is 11.5 Å². The van der Waals surface area contributed by atoms with E-state index in [-0.39, 0.29) is 17.1 Å². The summed E-state index contributed by atoms with van der Waals surface area (Å²) in [4.78, 5) is 28.1. The summed E-state index contributed by atoms with van der Waals surface area (Å²) in [6.07, 6.45) is 0. The average molecular weight is 476 g/mol. The van der Waals surface area contributed by atoms with Gasteiger partial charge in [-0.2, -0.15) is 0 Å². The zero-order valence-electron chi connectivity index (χ0n) is 17.9. The topological polar surface area (TPSA) is 100 Å². The number of aliphatic hydroxyl groups excluding tert-OH is 1. The highest BCUT2D eigenvalue weighted by Crippen LogP contribution is 2.43. The number of anilines is 1. The van der Waals surface area contributed by atoms with Crippen LogP contribution in [0, 0.1) is 0 Å². The monoisotopic (exact) mass is 475 g/mol. The van der Waals surface area contributed by atoms with Crippen LogP contribution >= 0.6 is 11.6 Å². The molecule has 1 atom stereocenters. The Labute approximate surface area is 199 Å². The highest BCUT2D eigenvalue weighted by Gasteiger charge is 2.45. The van der Waals surface area contributed by atoms with Crippen molar-refractivity contribution in [3.05, 3.63) is 100 Å². The number of ether oxygens (including phenoxy) is 1. The second-order valence-corrected chi connectivity index (χ2v) is 8.17. The lowest BCUT2D eigenvalue weighted by molar-refractivity contribution is -0.117. The number of amides is 1. The first-order valence-corrected chi connectivity index (χ1v) is 10.7. The first kappa shape index (κ1) is 21.6. The number of benzene rings is 3. The molecule has 3 aromatic carbocycles. The fourth-order valence-electron chi connectivity index (χ4n) is 4.16. The van der Waals surface area contributed by atoms with Gasteiger partial charge >= 0.3 is 0 Å². The zero-order chi connectivity index (χ0) is 24.0. The Morgan fingerprint density at radius 1 is 1.03 bits per heavy atom. The fraction of sp³-hybridized carbons (Fsp3) is 0.0769. The first-order chi connectivity index (χ1) is 16.4. The summed E-state index contributed by atoms with van der Waals surface area (Å²) in [5.74, 6) is -1.77. The molecule has 0 saturated carbocycles. The Bertz CT molecular complexity index is 1470. The third-order valence-corrected chi connectivity index (χ3v) is 5.95. The first-order valence-electron chi connectivity index (χ1n) is 10.3. The molecule has 170 valence electrons. The number of carbonyl (C=O) groups is 2. The van der Waals surface area contributed by atoms with Crippen molar-refractivity contribution in [3.63, 3.8) is 0 Å². The number of halogens is 1. The molecule has 7 nitrogen and oxygen atoms in total. The molecule has 1 aliphatic rings. The van der Waals surface area contributed by atoms with Crippen molar-refractivity contribution in [2.75, 3.05) is 12.0 Å². The van der Waals surface area contributed by atoms with Gasteiger partial charge in [0.2, 0.25) is 5.78 Å². The quantitative estimate of drug-likeness (QED) is 0.365. The minimum Gasteiger partial charge on any atom is -0.508 e. The smallest absolute Gasteiger partial charge is 0.294 e. The van der Waals surface area contributed by atoms with Crippen LogP contribution in [0.5, 0.6) is 11.5 Å². The third kappa shape index (κ3) is 3.47. The van der Waals surface area contributed by atoms with Crippen LogP contribution in [0.4, 0.5) is 5.69 Å². The van der Waals surface area contributed by atoms with Gasteiger partial charge in [-0.15, -0.1) is 0 Å². The number of fused-ring (bicyclic) bond motifs is 1. The van der Waals surface area contributed by atoms with Crippen LogP contribution in [0.15, 0.2) is 88.5 Å². The van der Waals surface area contributed by atoms with E-state index in [1.165, 1.54) is 30.2 Å². The molecule has 1 aliphatic heterocycles. The second-order valence-electron chi connectivity index (χ2n) is 7.73. The number of carbonyl (C=O) groups excluding carboxylic acids is 2. The predicted molar refractivity (Wildman–Crippen MR) is 127 cm³/mol. The number of ketones is 1. The van der Waals surface area contributed by atoms with Crippen molar-refractivity contribution in [2.24, 2.45) is 0 Å². The molecular formula is C26H18ClNO6. The number of rotatable bonds is 5. The number of furan rings is 1. The van der Waals surface area contributed by atoms with Crippen molar-refractivity contribution in [1.29, 1.82) is 0 Å². The average Bonchev–Trinajstić information content (AvgIpc) is 3.39. The van der Waals surface area contributed by atoms with E-state index in [0.717, 1.165) is 0 Å². The van der Waals surface area contributed by atoms with Gasteiger partial charge in [-0.25, -0.2) is 0 Å². The number of phenolic OH excluding ortho intramolecular Hbond substituents is 1. The molecule has 0 spiro atoms. The van der Waals surface area contributed by atoms with E-state index in [2.05, 4.69) is 0 Å². The van der Waals surface area contributed by atoms with Gasteiger partial charge in [0.05, 0.1) is 18.7 Å². The van der Waals surface area contributed by atoms with Crippen LogP contribution < -0.4 is 9.64 Å². The Hall–Kier alpha value is -4.23.